The van der Waals surface area contributed by atoms with Gasteiger partial charge in [-0.3, -0.25) is 4.79 Å². The van der Waals surface area contributed by atoms with Gasteiger partial charge in [-0.1, -0.05) is 11.6 Å². The molecule has 1 aromatic carbocycles. The van der Waals surface area contributed by atoms with Crippen molar-refractivity contribution >= 4 is 40.7 Å². The molecular formula is C11H11Cl3FNO. The number of rotatable bonds is 4. The zero-order chi connectivity index (χ0) is 13.1. The van der Waals surface area contributed by atoms with Gasteiger partial charge in [-0.2, -0.15) is 0 Å². The molecule has 0 unspecified atom stereocenters. The van der Waals surface area contributed by atoms with Crippen LogP contribution in [0.4, 0.5) is 4.39 Å². The van der Waals surface area contributed by atoms with Crippen molar-refractivity contribution in [3.63, 3.8) is 0 Å². The number of amides is 1. The van der Waals surface area contributed by atoms with Gasteiger partial charge in [0, 0.05) is 17.3 Å². The summed E-state index contributed by atoms with van der Waals surface area (Å²) in [6.07, 6.45) is 0. The predicted molar refractivity (Wildman–Crippen MR) is 68.7 cm³/mol. The number of hydrogen-bond acceptors (Lipinski definition) is 1. The molecule has 0 atom stereocenters. The van der Waals surface area contributed by atoms with Crippen molar-refractivity contribution in [3.8, 4) is 0 Å². The van der Waals surface area contributed by atoms with Gasteiger partial charge in [0.2, 0.25) is 0 Å². The van der Waals surface area contributed by atoms with Crippen LogP contribution in [0.1, 0.15) is 17.3 Å². The monoisotopic (exact) mass is 297 g/mol. The van der Waals surface area contributed by atoms with E-state index in [0.717, 1.165) is 6.07 Å². The maximum Gasteiger partial charge on any atom is 0.251 e. The summed E-state index contributed by atoms with van der Waals surface area (Å²) in [5, 5.41) is 2.61. The maximum atomic E-state index is 13.2. The Morgan fingerprint density at radius 3 is 2.47 bits per heavy atom. The molecule has 0 heterocycles. The van der Waals surface area contributed by atoms with Crippen molar-refractivity contribution in [1.82, 2.24) is 5.32 Å². The normalized spacial score (nSPS) is 11.4. The van der Waals surface area contributed by atoms with Crippen molar-refractivity contribution < 1.29 is 9.18 Å². The van der Waals surface area contributed by atoms with E-state index < -0.39 is 17.3 Å². The molecule has 0 saturated heterocycles. The van der Waals surface area contributed by atoms with Gasteiger partial charge in [0.15, 0.2) is 0 Å². The van der Waals surface area contributed by atoms with Gasteiger partial charge < -0.3 is 5.32 Å². The topological polar surface area (TPSA) is 29.1 Å². The van der Waals surface area contributed by atoms with Crippen LogP contribution in [0.25, 0.3) is 0 Å². The summed E-state index contributed by atoms with van der Waals surface area (Å²) >= 11 is 16.9. The third-order valence-corrected chi connectivity index (χ3v) is 3.67. The Morgan fingerprint density at radius 2 is 2.00 bits per heavy atom. The number of carbonyl (C=O) groups excluding carboxylic acids is 1. The highest BCUT2D eigenvalue weighted by Gasteiger charge is 2.25. The van der Waals surface area contributed by atoms with Crippen LogP contribution < -0.4 is 5.32 Å². The van der Waals surface area contributed by atoms with Crippen LogP contribution in [0, 0.1) is 5.82 Å². The van der Waals surface area contributed by atoms with Crippen LogP contribution in [0.15, 0.2) is 18.2 Å². The molecule has 0 aromatic heterocycles. The fraction of sp³-hybridized carbons (Fsp3) is 0.364. The number of carbonyl (C=O) groups is 1. The van der Waals surface area contributed by atoms with Crippen molar-refractivity contribution in [2.24, 2.45) is 0 Å². The van der Waals surface area contributed by atoms with Crippen molar-refractivity contribution in [2.75, 3.05) is 11.8 Å². The van der Waals surface area contributed by atoms with Crippen molar-refractivity contribution in [3.05, 3.63) is 34.6 Å². The van der Waals surface area contributed by atoms with Gasteiger partial charge in [-0.05, 0) is 25.1 Å². The summed E-state index contributed by atoms with van der Waals surface area (Å²) in [5.41, 5.74) is -0.551. The summed E-state index contributed by atoms with van der Waals surface area (Å²) in [6, 6.07) is 3.83. The van der Waals surface area contributed by atoms with E-state index in [1.807, 2.05) is 0 Å². The minimum atomic E-state index is -0.726. The molecule has 0 radical (unpaired) electrons. The molecule has 6 heteroatoms. The van der Waals surface area contributed by atoms with Gasteiger partial charge in [0.05, 0.1) is 10.6 Å². The van der Waals surface area contributed by atoms with Gasteiger partial charge in [-0.25, -0.2) is 4.39 Å². The smallest absolute Gasteiger partial charge is 0.251 e. The average Bonchev–Trinajstić information content (AvgIpc) is 2.32. The second-order valence-electron chi connectivity index (χ2n) is 3.91. The largest absolute Gasteiger partial charge is 0.344 e. The fourth-order valence-corrected chi connectivity index (χ4v) is 1.62. The number of alkyl halides is 2. The predicted octanol–water partition coefficient (Wildman–Crippen LogP) is 3.45. The lowest BCUT2D eigenvalue weighted by atomic mass is 10.1. The number of nitrogens with one attached hydrogen (secondary N) is 1. The lowest BCUT2D eigenvalue weighted by Gasteiger charge is -2.25. The first-order valence-electron chi connectivity index (χ1n) is 4.81. The average molecular weight is 299 g/mol. The minimum absolute atomic E-state index is 0.0287. The number of hydrogen-bond donors (Lipinski definition) is 1. The third-order valence-electron chi connectivity index (χ3n) is 2.19. The lowest BCUT2D eigenvalue weighted by molar-refractivity contribution is 0.0921. The van der Waals surface area contributed by atoms with Crippen molar-refractivity contribution in [2.45, 2.75) is 12.5 Å². The maximum absolute atomic E-state index is 13.2. The molecule has 0 aliphatic carbocycles. The molecule has 0 saturated carbocycles. The van der Waals surface area contributed by atoms with Gasteiger partial charge >= 0.3 is 0 Å². The summed E-state index contributed by atoms with van der Waals surface area (Å²) in [6.45, 7) is 1.71. The Hall–Kier alpha value is -0.510. The zero-order valence-electron chi connectivity index (χ0n) is 9.07. The summed E-state index contributed by atoms with van der Waals surface area (Å²) in [5.74, 6) is -0.751. The van der Waals surface area contributed by atoms with Crippen LogP contribution >= 0.6 is 34.8 Å². The molecule has 0 fully saturated rings. The van der Waals surface area contributed by atoms with Crippen LogP contribution in [0.5, 0.6) is 0 Å². The highest BCUT2D eigenvalue weighted by atomic mass is 35.5. The number of benzene rings is 1. The zero-order valence-corrected chi connectivity index (χ0v) is 11.3. The van der Waals surface area contributed by atoms with Crippen LogP contribution in [0.2, 0.25) is 5.02 Å². The Balaban J connectivity index is 2.86. The molecule has 0 aliphatic rings. The molecule has 0 aliphatic heterocycles. The molecule has 17 heavy (non-hydrogen) atoms. The van der Waals surface area contributed by atoms with E-state index in [4.69, 9.17) is 34.8 Å². The van der Waals surface area contributed by atoms with Gasteiger partial charge in [0.25, 0.3) is 5.91 Å². The highest BCUT2D eigenvalue weighted by Crippen LogP contribution is 2.17. The van der Waals surface area contributed by atoms with E-state index in [-0.39, 0.29) is 22.3 Å². The molecule has 2 nitrogen and oxygen atoms in total. The third kappa shape index (κ3) is 3.73. The standard InChI is InChI=1S/C11H11Cl3FNO/c1-11(5-12,6-13)16-10(17)7-2-3-8(14)9(15)4-7/h2-4H,5-6H2,1H3,(H,16,17). The van der Waals surface area contributed by atoms with E-state index in [1.54, 1.807) is 6.92 Å². The first-order chi connectivity index (χ1) is 7.91. The Kier molecular flexibility index (Phi) is 5.04. The summed E-state index contributed by atoms with van der Waals surface area (Å²) in [7, 11) is 0. The lowest BCUT2D eigenvalue weighted by Crippen LogP contribution is -2.49. The van der Waals surface area contributed by atoms with E-state index in [1.165, 1.54) is 12.1 Å². The van der Waals surface area contributed by atoms with E-state index in [0.29, 0.717) is 0 Å². The minimum Gasteiger partial charge on any atom is -0.344 e. The van der Waals surface area contributed by atoms with Gasteiger partial charge in [0.1, 0.15) is 5.82 Å². The molecule has 1 amide bonds. The second kappa shape index (κ2) is 5.89. The van der Waals surface area contributed by atoms with Crippen molar-refractivity contribution in [1.29, 1.82) is 0 Å². The highest BCUT2D eigenvalue weighted by molar-refractivity contribution is 6.30. The molecular weight excluding hydrogens is 287 g/mol. The fourth-order valence-electron chi connectivity index (χ4n) is 1.09. The molecule has 0 bridgehead atoms. The Morgan fingerprint density at radius 1 is 1.41 bits per heavy atom. The van der Waals surface area contributed by atoms with Gasteiger partial charge in [-0.15, -0.1) is 23.2 Å². The number of halogens is 4. The van der Waals surface area contributed by atoms with E-state index in [9.17, 15) is 9.18 Å². The first-order valence-corrected chi connectivity index (χ1v) is 6.26. The van der Waals surface area contributed by atoms with Crippen LogP contribution in [0.3, 0.4) is 0 Å². The second-order valence-corrected chi connectivity index (χ2v) is 4.85. The van der Waals surface area contributed by atoms with Crippen LogP contribution in [-0.4, -0.2) is 23.2 Å². The van der Waals surface area contributed by atoms with E-state index in [2.05, 4.69) is 5.32 Å². The SMILES string of the molecule is CC(CCl)(CCl)NC(=O)c1ccc(Cl)c(F)c1. The quantitative estimate of drug-likeness (QED) is 0.848. The Labute approximate surface area is 114 Å². The molecule has 1 rings (SSSR count). The van der Waals surface area contributed by atoms with E-state index >= 15 is 0 Å². The van der Waals surface area contributed by atoms with Crippen LogP contribution in [-0.2, 0) is 0 Å². The molecule has 0 spiro atoms. The first kappa shape index (κ1) is 14.6. The summed E-state index contributed by atoms with van der Waals surface area (Å²) in [4.78, 5) is 11.8. The molecule has 1 N–H and O–H groups in total. The summed E-state index contributed by atoms with van der Waals surface area (Å²) < 4.78 is 13.2. The molecule has 94 valence electrons. The Bertz CT molecular complexity index is 421. The molecule has 1 aromatic rings.